The molecule has 3 rings (SSSR count). The fourth-order valence-corrected chi connectivity index (χ4v) is 6.02. The molecule has 0 aliphatic rings. The molecule has 182 valence electrons. The third kappa shape index (κ3) is 5.70. The molecule has 0 N–H and O–H groups in total. The number of rotatable bonds is 11. The van der Waals surface area contributed by atoms with Crippen LogP contribution < -0.4 is 4.80 Å². The molecule has 0 saturated carbocycles. The summed E-state index contributed by atoms with van der Waals surface area (Å²) in [7, 11) is -0.734. The smallest absolute Gasteiger partial charge is 0.279 e. The lowest BCUT2D eigenvalue weighted by molar-refractivity contribution is 0.0997. The van der Waals surface area contributed by atoms with Crippen molar-refractivity contribution < 1.29 is 22.7 Å². The third-order valence-corrected chi connectivity index (χ3v) is 8.20. The minimum absolute atomic E-state index is 0.0930. The van der Waals surface area contributed by atoms with Crippen LogP contribution >= 0.6 is 11.3 Å². The van der Waals surface area contributed by atoms with Crippen LogP contribution in [0.5, 0.6) is 0 Å². The van der Waals surface area contributed by atoms with Gasteiger partial charge in [0.15, 0.2) is 4.80 Å². The molecule has 0 fully saturated rings. The van der Waals surface area contributed by atoms with Crippen molar-refractivity contribution in [3.05, 3.63) is 71.0 Å². The number of carbonyl (C=O) groups is 1. The molecule has 0 bridgehead atoms. The van der Waals surface area contributed by atoms with E-state index >= 15 is 0 Å². The average molecular weight is 504 g/mol. The third-order valence-electron chi connectivity index (χ3n) is 5.24. The number of sulfonamides is 1. The van der Waals surface area contributed by atoms with Gasteiger partial charge in [-0.05, 0) is 42.8 Å². The molecule has 0 aliphatic heterocycles. The van der Waals surface area contributed by atoms with Crippen LogP contribution in [-0.4, -0.2) is 63.7 Å². The summed E-state index contributed by atoms with van der Waals surface area (Å²) in [4.78, 5) is 17.9. The minimum Gasteiger partial charge on any atom is -0.383 e. The van der Waals surface area contributed by atoms with E-state index in [1.165, 1.54) is 54.1 Å². The Morgan fingerprint density at radius 3 is 2.35 bits per heavy atom. The number of hydrogen-bond acceptors (Lipinski definition) is 6. The van der Waals surface area contributed by atoms with E-state index in [9.17, 15) is 13.2 Å². The molecule has 0 radical (unpaired) electrons. The number of aryl methyl sites for hydroxylation is 1. The van der Waals surface area contributed by atoms with Crippen LogP contribution in [0.1, 0.15) is 15.9 Å². The number of thiazole rings is 1. The Morgan fingerprint density at radius 2 is 1.76 bits per heavy atom. The maximum atomic E-state index is 13.1. The molecule has 34 heavy (non-hydrogen) atoms. The van der Waals surface area contributed by atoms with Crippen LogP contribution in [0, 0.1) is 6.92 Å². The number of benzene rings is 2. The highest BCUT2D eigenvalue weighted by atomic mass is 32.2. The van der Waals surface area contributed by atoms with Gasteiger partial charge in [-0.15, -0.1) is 6.58 Å². The predicted molar refractivity (Wildman–Crippen MR) is 134 cm³/mol. The Labute approximate surface area is 203 Å². The predicted octanol–water partition coefficient (Wildman–Crippen LogP) is 3.22. The van der Waals surface area contributed by atoms with Gasteiger partial charge in [0.05, 0.1) is 28.3 Å². The molecule has 3 aromatic rings. The van der Waals surface area contributed by atoms with Crippen molar-refractivity contribution in [3.63, 3.8) is 0 Å². The molecule has 0 saturated heterocycles. The first-order valence-corrected chi connectivity index (χ1v) is 13.0. The normalized spacial score (nSPS) is 12.5. The van der Waals surface area contributed by atoms with E-state index < -0.39 is 15.9 Å². The first kappa shape index (κ1) is 26.0. The molecule has 8 nitrogen and oxygen atoms in total. The van der Waals surface area contributed by atoms with Gasteiger partial charge in [-0.3, -0.25) is 4.79 Å². The largest absolute Gasteiger partial charge is 0.383 e. The fourth-order valence-electron chi connectivity index (χ4n) is 3.50. The number of aromatic nitrogens is 1. The summed E-state index contributed by atoms with van der Waals surface area (Å²) in [5.74, 6) is -0.443. The summed E-state index contributed by atoms with van der Waals surface area (Å²) in [6.45, 7) is 7.28. The Kier molecular flexibility index (Phi) is 8.92. The second-order valence-corrected chi connectivity index (χ2v) is 10.5. The van der Waals surface area contributed by atoms with Gasteiger partial charge in [0, 0.05) is 39.4 Å². The van der Waals surface area contributed by atoms with E-state index in [4.69, 9.17) is 9.47 Å². The van der Waals surface area contributed by atoms with Gasteiger partial charge in [-0.2, -0.15) is 9.30 Å². The van der Waals surface area contributed by atoms with Crippen molar-refractivity contribution in [1.82, 2.24) is 8.87 Å². The molecule has 10 heteroatoms. The van der Waals surface area contributed by atoms with Crippen molar-refractivity contribution in [2.24, 2.45) is 4.99 Å². The van der Waals surface area contributed by atoms with Gasteiger partial charge in [0.1, 0.15) is 0 Å². The Bertz CT molecular complexity index is 1320. The maximum absolute atomic E-state index is 13.1. The summed E-state index contributed by atoms with van der Waals surface area (Å²) in [5, 5.41) is 0. The Morgan fingerprint density at radius 1 is 1.12 bits per heavy atom. The lowest BCUT2D eigenvalue weighted by Gasteiger charge is -2.21. The second-order valence-electron chi connectivity index (χ2n) is 7.54. The summed E-state index contributed by atoms with van der Waals surface area (Å²) in [6.07, 6.45) is 1.76. The molecule has 0 atom stereocenters. The number of carbonyl (C=O) groups excluding carboxylic acids is 1. The number of nitrogens with zero attached hydrogens (tertiary/aromatic N) is 3. The number of hydrogen-bond donors (Lipinski definition) is 0. The zero-order chi connectivity index (χ0) is 24.7. The van der Waals surface area contributed by atoms with E-state index in [1.807, 2.05) is 29.7 Å². The fraction of sp³-hybridized carbons (Fsp3) is 0.333. The molecule has 1 amide bonds. The van der Waals surface area contributed by atoms with Crippen molar-refractivity contribution in [2.45, 2.75) is 18.4 Å². The minimum atomic E-state index is -3.76. The van der Waals surface area contributed by atoms with Crippen LogP contribution in [0.25, 0.3) is 10.2 Å². The van der Waals surface area contributed by atoms with Gasteiger partial charge in [0.25, 0.3) is 5.91 Å². The molecule has 2 aromatic carbocycles. The average Bonchev–Trinajstić information content (AvgIpc) is 3.17. The standard InChI is InChI=1S/C24H29N3O5S2/c1-5-13-27-22-18(2)7-6-8-21(22)33-24(27)25-23(28)19-9-11-20(12-10-19)34(29,30)26(14-16-31-3)15-17-32-4/h5-12H,1,13-17H2,2-4H3. The number of allylic oxidation sites excluding steroid dienone is 1. The van der Waals surface area contributed by atoms with Crippen LogP contribution in [-0.2, 0) is 26.0 Å². The molecule has 0 aliphatic carbocycles. The van der Waals surface area contributed by atoms with E-state index in [-0.39, 0.29) is 31.2 Å². The van der Waals surface area contributed by atoms with Gasteiger partial charge >= 0.3 is 0 Å². The molecular formula is C24H29N3O5S2. The monoisotopic (exact) mass is 503 g/mol. The van der Waals surface area contributed by atoms with Crippen molar-refractivity contribution in [2.75, 3.05) is 40.5 Å². The first-order valence-electron chi connectivity index (χ1n) is 10.7. The summed E-state index contributed by atoms with van der Waals surface area (Å²) in [6, 6.07) is 11.8. The summed E-state index contributed by atoms with van der Waals surface area (Å²) < 4.78 is 40.5. The molecule has 1 heterocycles. The van der Waals surface area contributed by atoms with Crippen LogP contribution in [0.3, 0.4) is 0 Å². The van der Waals surface area contributed by atoms with E-state index in [0.29, 0.717) is 16.9 Å². The Balaban J connectivity index is 1.92. The molecule has 0 spiro atoms. The van der Waals surface area contributed by atoms with E-state index in [2.05, 4.69) is 11.6 Å². The zero-order valence-corrected chi connectivity index (χ0v) is 21.2. The second kappa shape index (κ2) is 11.7. The SMILES string of the molecule is C=CCn1c(=NC(=O)c2ccc(S(=O)(=O)N(CCOC)CCOC)cc2)sc2cccc(C)c21. The van der Waals surface area contributed by atoms with Crippen LogP contribution in [0.15, 0.2) is 65.0 Å². The maximum Gasteiger partial charge on any atom is 0.279 e. The first-order chi connectivity index (χ1) is 16.3. The highest BCUT2D eigenvalue weighted by Gasteiger charge is 2.24. The number of para-hydroxylation sites is 1. The molecule has 0 unspecified atom stereocenters. The zero-order valence-electron chi connectivity index (χ0n) is 19.6. The summed E-state index contributed by atoms with van der Waals surface area (Å²) in [5.41, 5.74) is 2.41. The number of amides is 1. The van der Waals surface area contributed by atoms with Crippen molar-refractivity contribution in [1.29, 1.82) is 0 Å². The van der Waals surface area contributed by atoms with Crippen molar-refractivity contribution in [3.8, 4) is 0 Å². The van der Waals surface area contributed by atoms with E-state index in [1.54, 1.807) is 6.08 Å². The van der Waals surface area contributed by atoms with Gasteiger partial charge in [-0.25, -0.2) is 8.42 Å². The lowest BCUT2D eigenvalue weighted by atomic mass is 10.2. The number of fused-ring (bicyclic) bond motifs is 1. The number of methoxy groups -OCH3 is 2. The van der Waals surface area contributed by atoms with Crippen LogP contribution in [0.2, 0.25) is 0 Å². The summed E-state index contributed by atoms with van der Waals surface area (Å²) >= 11 is 1.43. The molecule has 1 aromatic heterocycles. The van der Waals surface area contributed by atoms with Gasteiger partial charge in [0.2, 0.25) is 10.0 Å². The van der Waals surface area contributed by atoms with E-state index in [0.717, 1.165) is 15.8 Å². The Hall–Kier alpha value is -2.63. The number of ether oxygens (including phenoxy) is 2. The van der Waals surface area contributed by atoms with Gasteiger partial charge in [-0.1, -0.05) is 29.5 Å². The lowest BCUT2D eigenvalue weighted by Crippen LogP contribution is -2.36. The van der Waals surface area contributed by atoms with Gasteiger partial charge < -0.3 is 14.0 Å². The molecular weight excluding hydrogens is 474 g/mol. The quantitative estimate of drug-likeness (QED) is 0.375. The van der Waals surface area contributed by atoms with Crippen LogP contribution in [0.4, 0.5) is 0 Å². The topological polar surface area (TPSA) is 90.2 Å². The highest BCUT2D eigenvalue weighted by molar-refractivity contribution is 7.89. The van der Waals surface area contributed by atoms with Crippen molar-refractivity contribution >= 4 is 37.5 Å². The highest BCUT2D eigenvalue weighted by Crippen LogP contribution is 2.21.